The van der Waals surface area contributed by atoms with Crippen LogP contribution >= 0.6 is 0 Å². The standard InChI is InChI=1S/C14H17FN2O4/c1-2-21-14(18)12-5-3-4-8-16(12)13-9-10(15)6-7-11(13)17(19)20/h6-7,9,12H,2-5,8H2,1H3. The summed E-state index contributed by atoms with van der Waals surface area (Å²) in [5.74, 6) is -0.987. The van der Waals surface area contributed by atoms with E-state index in [1.807, 2.05) is 0 Å². The highest BCUT2D eigenvalue weighted by molar-refractivity contribution is 5.82. The summed E-state index contributed by atoms with van der Waals surface area (Å²) in [6.45, 7) is 2.41. The minimum absolute atomic E-state index is 0.137. The Labute approximate surface area is 121 Å². The van der Waals surface area contributed by atoms with Crippen molar-refractivity contribution in [1.82, 2.24) is 0 Å². The summed E-state index contributed by atoms with van der Waals surface area (Å²) >= 11 is 0. The van der Waals surface area contributed by atoms with Gasteiger partial charge in [-0.1, -0.05) is 0 Å². The Hall–Kier alpha value is -2.18. The third kappa shape index (κ3) is 3.29. The highest BCUT2D eigenvalue weighted by Crippen LogP contribution is 2.33. The van der Waals surface area contributed by atoms with Crippen molar-refractivity contribution in [2.75, 3.05) is 18.1 Å². The summed E-state index contributed by atoms with van der Waals surface area (Å²) in [5.41, 5.74) is -0.0645. The molecule has 1 atom stereocenters. The fraction of sp³-hybridized carbons (Fsp3) is 0.500. The number of carbonyl (C=O) groups excluding carboxylic acids is 1. The van der Waals surface area contributed by atoms with E-state index in [2.05, 4.69) is 0 Å². The minimum Gasteiger partial charge on any atom is -0.464 e. The van der Waals surface area contributed by atoms with Crippen LogP contribution in [-0.4, -0.2) is 30.1 Å². The molecule has 1 unspecified atom stereocenters. The van der Waals surface area contributed by atoms with Gasteiger partial charge in [0.15, 0.2) is 0 Å². The molecule has 0 bridgehead atoms. The summed E-state index contributed by atoms with van der Waals surface area (Å²) < 4.78 is 18.5. The molecule has 1 aliphatic rings. The van der Waals surface area contributed by atoms with Crippen LogP contribution in [0.3, 0.4) is 0 Å². The molecule has 0 spiro atoms. The Kier molecular flexibility index (Phi) is 4.72. The lowest BCUT2D eigenvalue weighted by Crippen LogP contribution is -2.46. The summed E-state index contributed by atoms with van der Waals surface area (Å²) in [5, 5.41) is 11.1. The SMILES string of the molecule is CCOC(=O)C1CCCCN1c1cc(F)ccc1[N+](=O)[O-]. The third-order valence-electron chi connectivity index (χ3n) is 3.51. The molecule has 0 aromatic heterocycles. The van der Waals surface area contributed by atoms with E-state index in [1.165, 1.54) is 0 Å². The van der Waals surface area contributed by atoms with Crippen LogP contribution in [0.25, 0.3) is 0 Å². The molecule has 1 saturated heterocycles. The van der Waals surface area contributed by atoms with E-state index in [1.54, 1.807) is 11.8 Å². The van der Waals surface area contributed by atoms with Gasteiger partial charge in [-0.2, -0.15) is 0 Å². The second kappa shape index (κ2) is 6.51. The number of carbonyl (C=O) groups is 1. The molecule has 0 saturated carbocycles. The van der Waals surface area contributed by atoms with Crippen molar-refractivity contribution in [2.45, 2.75) is 32.2 Å². The lowest BCUT2D eigenvalue weighted by Gasteiger charge is -2.35. The van der Waals surface area contributed by atoms with Crippen LogP contribution in [0.5, 0.6) is 0 Å². The van der Waals surface area contributed by atoms with E-state index in [0.29, 0.717) is 13.0 Å². The number of rotatable bonds is 4. The molecule has 1 fully saturated rings. The van der Waals surface area contributed by atoms with E-state index < -0.39 is 22.8 Å². The van der Waals surface area contributed by atoms with Gasteiger partial charge < -0.3 is 9.64 Å². The minimum atomic E-state index is -0.598. The molecule has 0 N–H and O–H groups in total. The number of halogens is 1. The number of nitro groups is 1. The maximum absolute atomic E-state index is 13.5. The lowest BCUT2D eigenvalue weighted by molar-refractivity contribution is -0.384. The van der Waals surface area contributed by atoms with Crippen molar-refractivity contribution in [3.05, 3.63) is 34.1 Å². The molecular weight excluding hydrogens is 279 g/mol. The number of nitrogens with zero attached hydrogens (tertiary/aromatic N) is 2. The van der Waals surface area contributed by atoms with Crippen molar-refractivity contribution in [1.29, 1.82) is 0 Å². The maximum atomic E-state index is 13.5. The second-order valence-electron chi connectivity index (χ2n) is 4.85. The van der Waals surface area contributed by atoms with Gasteiger partial charge in [-0.25, -0.2) is 9.18 Å². The zero-order valence-electron chi connectivity index (χ0n) is 11.8. The molecule has 1 heterocycles. The number of anilines is 1. The summed E-state index contributed by atoms with van der Waals surface area (Å²) in [7, 11) is 0. The number of hydrogen-bond donors (Lipinski definition) is 0. The number of esters is 1. The summed E-state index contributed by atoms with van der Waals surface area (Å²) in [6.07, 6.45) is 2.18. The molecule has 6 nitrogen and oxygen atoms in total. The van der Waals surface area contributed by atoms with E-state index in [9.17, 15) is 19.3 Å². The maximum Gasteiger partial charge on any atom is 0.328 e. The highest BCUT2D eigenvalue weighted by atomic mass is 19.1. The van der Waals surface area contributed by atoms with Crippen LogP contribution in [0, 0.1) is 15.9 Å². The molecule has 21 heavy (non-hydrogen) atoms. The molecule has 1 aromatic rings. The molecule has 0 aliphatic carbocycles. The average molecular weight is 296 g/mol. The lowest BCUT2D eigenvalue weighted by atomic mass is 10.0. The van der Waals surface area contributed by atoms with E-state index >= 15 is 0 Å². The highest BCUT2D eigenvalue weighted by Gasteiger charge is 2.33. The largest absolute Gasteiger partial charge is 0.464 e. The van der Waals surface area contributed by atoms with Gasteiger partial charge >= 0.3 is 5.97 Å². The molecule has 1 aliphatic heterocycles. The predicted molar refractivity (Wildman–Crippen MR) is 74.7 cm³/mol. The van der Waals surface area contributed by atoms with Gasteiger partial charge in [0.1, 0.15) is 17.5 Å². The molecule has 1 aromatic carbocycles. The van der Waals surface area contributed by atoms with Crippen molar-refractivity contribution in [2.24, 2.45) is 0 Å². The Morgan fingerprint density at radius 1 is 1.52 bits per heavy atom. The monoisotopic (exact) mass is 296 g/mol. The Balaban J connectivity index is 2.39. The van der Waals surface area contributed by atoms with E-state index in [-0.39, 0.29) is 18.0 Å². The van der Waals surface area contributed by atoms with Crippen molar-refractivity contribution >= 4 is 17.3 Å². The first kappa shape index (κ1) is 15.2. The molecule has 2 rings (SSSR count). The van der Waals surface area contributed by atoms with Crippen LogP contribution in [0.4, 0.5) is 15.8 Å². The molecule has 7 heteroatoms. The van der Waals surface area contributed by atoms with Gasteiger partial charge in [0.2, 0.25) is 0 Å². The van der Waals surface area contributed by atoms with Gasteiger partial charge in [0, 0.05) is 18.7 Å². The van der Waals surface area contributed by atoms with Crippen LogP contribution < -0.4 is 4.90 Å². The Morgan fingerprint density at radius 2 is 2.29 bits per heavy atom. The van der Waals surface area contributed by atoms with Crippen molar-refractivity contribution in [3.63, 3.8) is 0 Å². The van der Waals surface area contributed by atoms with Crippen LogP contribution in [-0.2, 0) is 9.53 Å². The number of hydrogen-bond acceptors (Lipinski definition) is 5. The predicted octanol–water partition coefficient (Wildman–Crippen LogP) is 2.66. The second-order valence-corrected chi connectivity index (χ2v) is 4.85. The first-order chi connectivity index (χ1) is 10.0. The van der Waals surface area contributed by atoms with Crippen LogP contribution in [0.2, 0.25) is 0 Å². The molecular formula is C14H17FN2O4. The van der Waals surface area contributed by atoms with Crippen LogP contribution in [0.15, 0.2) is 18.2 Å². The molecule has 0 radical (unpaired) electrons. The van der Waals surface area contributed by atoms with Crippen molar-refractivity contribution in [3.8, 4) is 0 Å². The Morgan fingerprint density at radius 3 is 2.95 bits per heavy atom. The first-order valence-electron chi connectivity index (χ1n) is 6.91. The average Bonchev–Trinajstić information content (AvgIpc) is 2.47. The number of piperidine rings is 1. The fourth-order valence-corrected chi connectivity index (χ4v) is 2.58. The summed E-state index contributed by atoms with van der Waals surface area (Å²) in [6, 6.07) is 2.68. The zero-order valence-corrected chi connectivity index (χ0v) is 11.8. The van der Waals surface area contributed by atoms with Crippen molar-refractivity contribution < 1.29 is 18.8 Å². The first-order valence-corrected chi connectivity index (χ1v) is 6.91. The van der Waals surface area contributed by atoms with E-state index in [0.717, 1.165) is 31.0 Å². The van der Waals surface area contributed by atoms with Gasteiger partial charge in [-0.15, -0.1) is 0 Å². The quantitative estimate of drug-likeness (QED) is 0.485. The van der Waals surface area contributed by atoms with Gasteiger partial charge in [-0.05, 0) is 32.3 Å². The van der Waals surface area contributed by atoms with Gasteiger partial charge in [0.05, 0.1) is 11.5 Å². The molecule has 0 amide bonds. The number of benzene rings is 1. The summed E-state index contributed by atoms with van der Waals surface area (Å²) in [4.78, 5) is 24.2. The normalized spacial score (nSPS) is 18.4. The van der Waals surface area contributed by atoms with Gasteiger partial charge in [-0.3, -0.25) is 10.1 Å². The van der Waals surface area contributed by atoms with E-state index in [4.69, 9.17) is 4.74 Å². The topological polar surface area (TPSA) is 72.7 Å². The fourth-order valence-electron chi connectivity index (χ4n) is 2.58. The Bertz CT molecular complexity index is 550. The zero-order chi connectivity index (χ0) is 15.4. The number of nitro benzene ring substituents is 1. The smallest absolute Gasteiger partial charge is 0.328 e. The molecule has 114 valence electrons. The van der Waals surface area contributed by atoms with Crippen LogP contribution in [0.1, 0.15) is 26.2 Å². The third-order valence-corrected chi connectivity index (χ3v) is 3.51. The van der Waals surface area contributed by atoms with Gasteiger partial charge in [0.25, 0.3) is 5.69 Å². The number of ether oxygens (including phenoxy) is 1.